The van der Waals surface area contributed by atoms with E-state index in [4.69, 9.17) is 0 Å². The van der Waals surface area contributed by atoms with Crippen molar-refractivity contribution in [2.45, 2.75) is 25.3 Å². The zero-order valence-corrected chi connectivity index (χ0v) is 15.3. The van der Waals surface area contributed by atoms with Crippen LogP contribution in [0.4, 0.5) is 5.13 Å². The first-order valence-electron chi connectivity index (χ1n) is 8.73. The summed E-state index contributed by atoms with van der Waals surface area (Å²) in [5.41, 5.74) is 2.38. The van der Waals surface area contributed by atoms with Crippen LogP contribution in [-0.2, 0) is 17.8 Å². The fourth-order valence-corrected chi connectivity index (χ4v) is 4.14. The minimum Gasteiger partial charge on any atom is -0.351 e. The van der Waals surface area contributed by atoms with E-state index in [0.29, 0.717) is 17.2 Å². The number of fused-ring (bicyclic) bond motifs is 1. The lowest BCUT2D eigenvalue weighted by Gasteiger charge is -2.10. The Morgan fingerprint density at radius 3 is 2.67 bits per heavy atom. The minimum atomic E-state index is -0.263. The highest BCUT2D eigenvalue weighted by molar-refractivity contribution is 7.16. The largest absolute Gasteiger partial charge is 0.351 e. The average Bonchev–Trinajstić information content (AvgIpc) is 3.27. The maximum absolute atomic E-state index is 12.6. The van der Waals surface area contributed by atoms with E-state index in [0.717, 1.165) is 29.0 Å². The first-order valence-corrected chi connectivity index (χ1v) is 9.55. The zero-order chi connectivity index (χ0) is 18.6. The summed E-state index contributed by atoms with van der Waals surface area (Å²) in [4.78, 5) is 34.4. The molecule has 3 aromatic rings. The van der Waals surface area contributed by atoms with Gasteiger partial charge in [-0.3, -0.25) is 19.9 Å². The number of amides is 2. The summed E-state index contributed by atoms with van der Waals surface area (Å²) in [7, 11) is 0. The number of carbonyl (C=O) groups excluding carboxylic acids is 2. The van der Waals surface area contributed by atoms with Crippen LogP contribution < -0.4 is 10.6 Å². The Morgan fingerprint density at radius 2 is 1.89 bits per heavy atom. The highest BCUT2D eigenvalue weighted by atomic mass is 32.1. The molecule has 0 fully saturated rings. The topological polar surface area (TPSA) is 84.0 Å². The Balaban J connectivity index is 1.41. The Bertz CT molecular complexity index is 957. The molecule has 136 valence electrons. The molecule has 0 unspecified atom stereocenters. The molecule has 6 nitrogen and oxygen atoms in total. The van der Waals surface area contributed by atoms with Gasteiger partial charge in [-0.1, -0.05) is 18.2 Å². The van der Waals surface area contributed by atoms with Crippen molar-refractivity contribution in [2.24, 2.45) is 0 Å². The van der Waals surface area contributed by atoms with Gasteiger partial charge < -0.3 is 5.32 Å². The predicted octanol–water partition coefficient (Wildman–Crippen LogP) is 3.14. The van der Waals surface area contributed by atoms with Gasteiger partial charge >= 0.3 is 0 Å². The number of hydrogen-bond acceptors (Lipinski definition) is 5. The summed E-state index contributed by atoms with van der Waals surface area (Å²) in [5.74, 6) is -0.487. The number of thiazole rings is 1. The van der Waals surface area contributed by atoms with E-state index in [1.54, 1.807) is 24.5 Å². The van der Waals surface area contributed by atoms with Crippen LogP contribution in [0.25, 0.3) is 0 Å². The third-order valence-corrected chi connectivity index (χ3v) is 5.55. The zero-order valence-electron chi connectivity index (χ0n) is 14.5. The van der Waals surface area contributed by atoms with Gasteiger partial charge in [0, 0.05) is 29.4 Å². The maximum Gasteiger partial charge on any atom is 0.257 e. The van der Waals surface area contributed by atoms with Crippen molar-refractivity contribution in [1.82, 2.24) is 15.3 Å². The van der Waals surface area contributed by atoms with E-state index in [1.807, 2.05) is 30.3 Å². The smallest absolute Gasteiger partial charge is 0.257 e. The summed E-state index contributed by atoms with van der Waals surface area (Å²) in [6, 6.07) is 12.8. The van der Waals surface area contributed by atoms with Crippen molar-refractivity contribution in [3.05, 3.63) is 76.6 Å². The molecule has 1 aromatic carbocycles. The van der Waals surface area contributed by atoms with Gasteiger partial charge in [0.05, 0.1) is 11.6 Å². The minimum absolute atomic E-state index is 0.0307. The van der Waals surface area contributed by atoms with Crippen LogP contribution in [0.3, 0.4) is 0 Å². The van der Waals surface area contributed by atoms with E-state index in [9.17, 15) is 9.59 Å². The molecule has 1 aliphatic carbocycles. The molecule has 2 aromatic heterocycles. The summed E-state index contributed by atoms with van der Waals surface area (Å²) >= 11 is 1.45. The molecular weight excluding hydrogens is 360 g/mol. The standard InChI is InChI=1S/C20H18N4O2S/c25-18(14-4-2-1-3-5-14)24-20-23-17-15(6-7-16(17)27-20)19(26)22-12-13-8-10-21-11-9-13/h1-5,8-11,15H,6-7,12H2,(H,22,26)(H,23,24,25)/t15-/m1/s1. The number of hydrogen-bond donors (Lipinski definition) is 2. The molecule has 0 aliphatic heterocycles. The number of pyridine rings is 1. The molecule has 0 spiro atoms. The Labute approximate surface area is 160 Å². The quantitative estimate of drug-likeness (QED) is 0.714. The fourth-order valence-electron chi connectivity index (χ4n) is 3.11. The lowest BCUT2D eigenvalue weighted by atomic mass is 10.1. The van der Waals surface area contributed by atoms with Gasteiger partial charge in [0.1, 0.15) is 0 Å². The molecule has 0 saturated heterocycles. The van der Waals surface area contributed by atoms with E-state index in [2.05, 4.69) is 20.6 Å². The molecular formula is C20H18N4O2S. The highest BCUT2D eigenvalue weighted by Crippen LogP contribution is 2.38. The van der Waals surface area contributed by atoms with Crippen molar-refractivity contribution < 1.29 is 9.59 Å². The van der Waals surface area contributed by atoms with Crippen LogP contribution in [0.5, 0.6) is 0 Å². The lowest BCUT2D eigenvalue weighted by Crippen LogP contribution is -2.28. The molecule has 4 rings (SSSR count). The molecule has 2 N–H and O–H groups in total. The highest BCUT2D eigenvalue weighted by Gasteiger charge is 2.32. The lowest BCUT2D eigenvalue weighted by molar-refractivity contribution is -0.122. The number of rotatable bonds is 5. The SMILES string of the molecule is O=C(Nc1nc2c(s1)CC[C@H]2C(=O)NCc1ccncc1)c1ccccc1. The number of aryl methyl sites for hydroxylation is 1. The normalized spacial score (nSPS) is 15.2. The predicted molar refractivity (Wildman–Crippen MR) is 104 cm³/mol. The van der Waals surface area contributed by atoms with Gasteiger partial charge in [0.2, 0.25) is 5.91 Å². The number of anilines is 1. The number of nitrogens with one attached hydrogen (secondary N) is 2. The van der Waals surface area contributed by atoms with E-state index in [-0.39, 0.29) is 17.7 Å². The molecule has 0 saturated carbocycles. The second-order valence-corrected chi connectivity index (χ2v) is 7.40. The van der Waals surface area contributed by atoms with Crippen LogP contribution in [-0.4, -0.2) is 21.8 Å². The van der Waals surface area contributed by atoms with Gasteiger partial charge in [-0.15, -0.1) is 11.3 Å². The Hall–Kier alpha value is -3.06. The first kappa shape index (κ1) is 17.4. The van der Waals surface area contributed by atoms with Gasteiger partial charge in [-0.25, -0.2) is 4.98 Å². The van der Waals surface area contributed by atoms with E-state index < -0.39 is 0 Å². The van der Waals surface area contributed by atoms with Gasteiger partial charge in [-0.2, -0.15) is 0 Å². The summed E-state index contributed by atoms with van der Waals surface area (Å²) in [5, 5.41) is 6.35. The molecule has 2 amide bonds. The molecule has 27 heavy (non-hydrogen) atoms. The Kier molecular flexibility index (Phi) is 4.93. The summed E-state index contributed by atoms with van der Waals surface area (Å²) < 4.78 is 0. The van der Waals surface area contributed by atoms with Gasteiger partial charge in [-0.05, 0) is 42.7 Å². The average molecular weight is 378 g/mol. The van der Waals surface area contributed by atoms with Crippen molar-refractivity contribution in [3.63, 3.8) is 0 Å². The summed E-state index contributed by atoms with van der Waals surface area (Å²) in [6.07, 6.45) is 4.97. The molecule has 7 heteroatoms. The first-order chi connectivity index (χ1) is 13.2. The van der Waals surface area contributed by atoms with Crippen molar-refractivity contribution >= 4 is 28.3 Å². The van der Waals surface area contributed by atoms with Crippen LogP contribution >= 0.6 is 11.3 Å². The molecule has 1 aliphatic rings. The van der Waals surface area contributed by atoms with Crippen molar-refractivity contribution in [1.29, 1.82) is 0 Å². The second-order valence-electron chi connectivity index (χ2n) is 6.31. The molecule has 0 radical (unpaired) electrons. The molecule has 1 atom stereocenters. The number of carbonyl (C=O) groups is 2. The van der Waals surface area contributed by atoms with Gasteiger partial charge in [0.15, 0.2) is 5.13 Å². The molecule has 2 heterocycles. The van der Waals surface area contributed by atoms with Crippen LogP contribution in [0.15, 0.2) is 54.9 Å². The maximum atomic E-state index is 12.6. The van der Waals surface area contributed by atoms with Crippen molar-refractivity contribution in [3.8, 4) is 0 Å². The monoisotopic (exact) mass is 378 g/mol. The van der Waals surface area contributed by atoms with E-state index >= 15 is 0 Å². The van der Waals surface area contributed by atoms with Crippen LogP contribution in [0.1, 0.15) is 38.8 Å². The third kappa shape index (κ3) is 3.88. The summed E-state index contributed by atoms with van der Waals surface area (Å²) in [6.45, 7) is 0.467. The van der Waals surface area contributed by atoms with Crippen molar-refractivity contribution in [2.75, 3.05) is 5.32 Å². The van der Waals surface area contributed by atoms with Crippen LogP contribution in [0, 0.1) is 0 Å². The van der Waals surface area contributed by atoms with Gasteiger partial charge in [0.25, 0.3) is 5.91 Å². The number of aromatic nitrogens is 2. The fraction of sp³-hybridized carbons (Fsp3) is 0.200. The van der Waals surface area contributed by atoms with E-state index in [1.165, 1.54) is 11.3 Å². The van der Waals surface area contributed by atoms with Crippen LogP contribution in [0.2, 0.25) is 0 Å². The third-order valence-electron chi connectivity index (χ3n) is 4.51. The Morgan fingerprint density at radius 1 is 1.11 bits per heavy atom. The number of nitrogens with zero attached hydrogens (tertiary/aromatic N) is 2. The molecule has 0 bridgehead atoms. The second kappa shape index (κ2) is 7.67. The number of benzene rings is 1.